The van der Waals surface area contributed by atoms with Crippen LogP contribution in [-0.2, 0) is 10.3 Å². The Morgan fingerprint density at radius 3 is 2.33 bits per heavy atom. The molecule has 0 spiro atoms. The number of nitrogens with zero attached hydrogens (tertiary/aromatic N) is 1. The van der Waals surface area contributed by atoms with Gasteiger partial charge >= 0.3 is 0 Å². The number of halogens is 2. The summed E-state index contributed by atoms with van der Waals surface area (Å²) in [5, 5.41) is 3.13. The molecule has 0 aliphatic carbocycles. The van der Waals surface area contributed by atoms with Gasteiger partial charge in [0, 0.05) is 11.1 Å². The highest BCUT2D eigenvalue weighted by Gasteiger charge is 2.32. The van der Waals surface area contributed by atoms with Crippen molar-refractivity contribution in [3.63, 3.8) is 0 Å². The predicted octanol–water partition coefficient (Wildman–Crippen LogP) is 3.27. The molecule has 1 amide bonds. The number of anilines is 1. The fourth-order valence-electron chi connectivity index (χ4n) is 2.03. The molecule has 0 radical (unpaired) electrons. The van der Waals surface area contributed by atoms with Crippen LogP contribution >= 0.6 is 23.2 Å². The van der Waals surface area contributed by atoms with Crippen LogP contribution in [0.2, 0.25) is 10.0 Å². The molecule has 0 aliphatic rings. The van der Waals surface area contributed by atoms with Crippen molar-refractivity contribution in [1.29, 1.82) is 0 Å². The third kappa shape index (κ3) is 3.71. The Bertz CT molecular complexity index is 898. The molecule has 0 saturated heterocycles. The summed E-state index contributed by atoms with van der Waals surface area (Å²) in [6, 6.07) is 10.6. The number of rotatable bonds is 4. The van der Waals surface area contributed by atoms with Crippen LogP contribution in [0.15, 0.2) is 42.5 Å². The Labute approximate surface area is 150 Å². The molecule has 6 nitrogen and oxygen atoms in total. The number of hydrogen-bond acceptors (Lipinski definition) is 4. The zero-order chi connectivity index (χ0) is 18.1. The van der Waals surface area contributed by atoms with Crippen LogP contribution in [0.3, 0.4) is 0 Å². The van der Waals surface area contributed by atoms with E-state index in [0.717, 1.165) is 0 Å². The lowest BCUT2D eigenvalue weighted by atomic mass is 10.1. The van der Waals surface area contributed by atoms with Gasteiger partial charge in [-0.3, -0.25) is 4.79 Å². The van der Waals surface area contributed by atoms with Gasteiger partial charge in [-0.1, -0.05) is 35.3 Å². The van der Waals surface area contributed by atoms with Gasteiger partial charge in [0.1, 0.15) is 5.56 Å². The molecule has 0 saturated carbocycles. The van der Waals surface area contributed by atoms with Crippen molar-refractivity contribution in [1.82, 2.24) is 3.89 Å². The summed E-state index contributed by atoms with van der Waals surface area (Å²) in [6.07, 6.45) is 0. The molecule has 0 atom stereocenters. The monoisotopic (exact) mass is 388 g/mol. The SMILES string of the molecule is C[N+](C)(c1ccc(Cl)cc1C(=O)Nc1ccccc1Cl)S(=O)(=O)[O-]. The lowest BCUT2D eigenvalue weighted by molar-refractivity contribution is 0.102. The van der Waals surface area contributed by atoms with Crippen molar-refractivity contribution < 1.29 is 17.8 Å². The smallest absolute Gasteiger partial charge is 0.261 e. The number of benzene rings is 2. The largest absolute Gasteiger partial charge is 0.701 e. The highest BCUT2D eigenvalue weighted by Crippen LogP contribution is 2.31. The lowest BCUT2D eigenvalue weighted by Gasteiger charge is -2.31. The third-order valence-electron chi connectivity index (χ3n) is 3.46. The van der Waals surface area contributed by atoms with Crippen LogP contribution in [0.1, 0.15) is 10.4 Å². The van der Waals surface area contributed by atoms with E-state index in [1.54, 1.807) is 24.3 Å². The highest BCUT2D eigenvalue weighted by molar-refractivity contribution is 7.85. The van der Waals surface area contributed by atoms with Gasteiger partial charge in [0.05, 0.1) is 24.8 Å². The Morgan fingerprint density at radius 2 is 1.75 bits per heavy atom. The maximum atomic E-state index is 12.6. The van der Waals surface area contributed by atoms with Crippen LogP contribution in [0, 0.1) is 0 Å². The van der Waals surface area contributed by atoms with Gasteiger partial charge in [-0.25, -0.2) is 3.89 Å². The number of hydrogen-bond donors (Lipinski definition) is 1. The fourth-order valence-corrected chi connectivity index (χ4v) is 2.79. The van der Waals surface area contributed by atoms with Crippen LogP contribution < -0.4 is 9.21 Å². The van der Waals surface area contributed by atoms with Crippen LogP contribution in [0.4, 0.5) is 11.4 Å². The maximum Gasteiger partial charge on any atom is 0.261 e. The zero-order valence-electron chi connectivity index (χ0n) is 12.8. The standard InChI is InChI=1S/C15H14Cl2N2O4S/c1-19(2,24(21,22)23)14-8-7-10(16)9-11(14)15(20)18-13-6-4-3-5-12(13)17/h3-9H,1-2H3,(H-,18,20,21,22,23). The van der Waals surface area contributed by atoms with E-state index in [9.17, 15) is 17.8 Å². The zero-order valence-corrected chi connectivity index (χ0v) is 15.1. The molecular formula is C15H14Cl2N2O4S. The van der Waals surface area contributed by atoms with Crippen molar-refractivity contribution in [3.8, 4) is 0 Å². The summed E-state index contributed by atoms with van der Waals surface area (Å²) >= 11 is 11.9. The number of quaternary nitrogens is 1. The molecule has 2 aromatic carbocycles. The lowest BCUT2D eigenvalue weighted by Crippen LogP contribution is -2.47. The Balaban J connectivity index is 2.52. The van der Waals surface area contributed by atoms with Crippen LogP contribution in [-0.4, -0.2) is 33.0 Å². The van der Waals surface area contributed by atoms with E-state index >= 15 is 0 Å². The quantitative estimate of drug-likeness (QED) is 0.642. The van der Waals surface area contributed by atoms with E-state index in [0.29, 0.717) is 10.7 Å². The number of carbonyl (C=O) groups excluding carboxylic acids is 1. The van der Waals surface area contributed by atoms with Crippen molar-refractivity contribution in [2.45, 2.75) is 0 Å². The summed E-state index contributed by atoms with van der Waals surface area (Å²) in [5.41, 5.74) is 0.316. The first kappa shape index (κ1) is 18.7. The second-order valence-corrected chi connectivity index (χ2v) is 7.99. The first-order valence-electron chi connectivity index (χ1n) is 6.70. The first-order valence-corrected chi connectivity index (χ1v) is 8.82. The molecular weight excluding hydrogens is 375 g/mol. The number of para-hydroxylation sites is 1. The third-order valence-corrected chi connectivity index (χ3v) is 5.34. The summed E-state index contributed by atoms with van der Waals surface area (Å²) in [4.78, 5) is 12.6. The highest BCUT2D eigenvalue weighted by atomic mass is 35.5. The molecule has 0 bridgehead atoms. The van der Waals surface area contributed by atoms with Gasteiger partial charge < -0.3 is 9.87 Å². The van der Waals surface area contributed by atoms with E-state index in [1.165, 1.54) is 32.3 Å². The fraction of sp³-hybridized carbons (Fsp3) is 0.133. The molecule has 1 N–H and O–H groups in total. The molecule has 0 aromatic heterocycles. The molecule has 0 aliphatic heterocycles. The minimum atomic E-state index is -4.77. The van der Waals surface area contributed by atoms with E-state index < -0.39 is 20.1 Å². The van der Waals surface area contributed by atoms with Crippen molar-refractivity contribution in [3.05, 3.63) is 58.1 Å². The molecule has 24 heavy (non-hydrogen) atoms. The Morgan fingerprint density at radius 1 is 1.12 bits per heavy atom. The van der Waals surface area contributed by atoms with Crippen molar-refractivity contribution in [2.24, 2.45) is 0 Å². The number of amides is 1. The molecule has 0 fully saturated rings. The van der Waals surface area contributed by atoms with Crippen molar-refractivity contribution >= 4 is 50.8 Å². The number of carbonyl (C=O) groups is 1. The van der Waals surface area contributed by atoms with E-state index in [4.69, 9.17) is 23.2 Å². The van der Waals surface area contributed by atoms with E-state index in [1.807, 2.05) is 0 Å². The van der Waals surface area contributed by atoms with Gasteiger partial charge in [-0.2, -0.15) is 8.42 Å². The van der Waals surface area contributed by atoms with Gasteiger partial charge in [-0.05, 0) is 24.3 Å². The minimum absolute atomic E-state index is 0.000969. The molecule has 0 heterocycles. The van der Waals surface area contributed by atoms with Gasteiger partial charge in [0.15, 0.2) is 5.69 Å². The summed E-state index contributed by atoms with van der Waals surface area (Å²) in [6.45, 7) is 0. The molecule has 2 rings (SSSR count). The topological polar surface area (TPSA) is 86.3 Å². The molecule has 128 valence electrons. The van der Waals surface area contributed by atoms with Gasteiger partial charge in [0.25, 0.3) is 16.2 Å². The predicted molar refractivity (Wildman–Crippen MR) is 94.2 cm³/mol. The normalized spacial score (nSPS) is 12.0. The molecule has 0 unspecified atom stereocenters. The van der Waals surface area contributed by atoms with E-state index in [-0.39, 0.29) is 16.3 Å². The van der Waals surface area contributed by atoms with Crippen LogP contribution in [0.5, 0.6) is 0 Å². The maximum absolute atomic E-state index is 12.6. The Hall–Kier alpha value is -1.64. The minimum Gasteiger partial charge on any atom is -0.701 e. The average molecular weight is 389 g/mol. The van der Waals surface area contributed by atoms with E-state index in [2.05, 4.69) is 5.32 Å². The van der Waals surface area contributed by atoms with Gasteiger partial charge in [0.2, 0.25) is 0 Å². The summed E-state index contributed by atoms with van der Waals surface area (Å²) < 4.78 is 33.6. The number of nitrogens with one attached hydrogen (secondary N) is 1. The average Bonchev–Trinajstić information content (AvgIpc) is 2.48. The second-order valence-electron chi connectivity index (χ2n) is 5.37. The second kappa shape index (κ2) is 6.70. The molecule has 2 aromatic rings. The van der Waals surface area contributed by atoms with Gasteiger partial charge in [-0.15, -0.1) is 0 Å². The summed E-state index contributed by atoms with van der Waals surface area (Å²) in [5.74, 6) is -0.629. The summed E-state index contributed by atoms with van der Waals surface area (Å²) in [7, 11) is -2.41. The molecule has 9 heteroatoms. The Kier molecular flexibility index (Phi) is 5.22. The first-order chi connectivity index (χ1) is 11.0. The van der Waals surface area contributed by atoms with Crippen LogP contribution in [0.25, 0.3) is 0 Å². The van der Waals surface area contributed by atoms with Crippen molar-refractivity contribution in [2.75, 3.05) is 19.4 Å².